The first-order chi connectivity index (χ1) is 11.6. The summed E-state index contributed by atoms with van der Waals surface area (Å²) in [5, 5.41) is 0.597. The second kappa shape index (κ2) is 8.74. The number of carbonyl (C=O) groups excluding carboxylic acids is 1. The summed E-state index contributed by atoms with van der Waals surface area (Å²) in [6, 6.07) is 11.8. The van der Waals surface area contributed by atoms with Crippen molar-refractivity contribution in [2.45, 2.75) is 39.7 Å². The van der Waals surface area contributed by atoms with Gasteiger partial charge in [-0.3, -0.25) is 4.79 Å². The van der Waals surface area contributed by atoms with Gasteiger partial charge in [0.2, 0.25) is 0 Å². The lowest BCUT2D eigenvalue weighted by molar-refractivity contribution is -0.139. The maximum Gasteiger partial charge on any atom is 0.309 e. The molecule has 0 unspecified atom stereocenters. The summed E-state index contributed by atoms with van der Waals surface area (Å²) < 4.78 is 10.8. The number of methoxy groups -OCH3 is 1. The van der Waals surface area contributed by atoms with Gasteiger partial charge in [-0.15, -0.1) is 0 Å². The SMILES string of the molecule is CCc1ccc(OCc2c(Cl)cccc2CC(=O)OC)c(CC)c1. The highest BCUT2D eigenvalue weighted by molar-refractivity contribution is 6.31. The minimum atomic E-state index is -0.292. The maximum atomic E-state index is 11.6. The van der Waals surface area contributed by atoms with Crippen LogP contribution < -0.4 is 4.74 Å². The van der Waals surface area contributed by atoms with Gasteiger partial charge in [-0.25, -0.2) is 0 Å². The van der Waals surface area contributed by atoms with E-state index in [9.17, 15) is 4.79 Å². The molecule has 4 heteroatoms. The number of hydrogen-bond acceptors (Lipinski definition) is 3. The van der Waals surface area contributed by atoms with Crippen molar-refractivity contribution in [1.82, 2.24) is 0 Å². The van der Waals surface area contributed by atoms with Crippen LogP contribution in [0.1, 0.15) is 36.1 Å². The minimum Gasteiger partial charge on any atom is -0.489 e. The maximum absolute atomic E-state index is 11.6. The monoisotopic (exact) mass is 346 g/mol. The zero-order valence-corrected chi connectivity index (χ0v) is 15.2. The molecule has 0 atom stereocenters. The van der Waals surface area contributed by atoms with Crippen LogP contribution in [0.5, 0.6) is 5.75 Å². The summed E-state index contributed by atoms with van der Waals surface area (Å²) in [5.74, 6) is 0.568. The molecule has 0 fully saturated rings. The van der Waals surface area contributed by atoms with Crippen LogP contribution in [0.25, 0.3) is 0 Å². The van der Waals surface area contributed by atoms with Gasteiger partial charge in [-0.05, 0) is 41.7 Å². The van der Waals surface area contributed by atoms with Crippen molar-refractivity contribution in [3.05, 3.63) is 63.7 Å². The van der Waals surface area contributed by atoms with Gasteiger partial charge in [-0.2, -0.15) is 0 Å². The highest BCUT2D eigenvalue weighted by Gasteiger charge is 2.13. The molecule has 0 N–H and O–H groups in total. The Labute approximate surface area is 148 Å². The van der Waals surface area contributed by atoms with Gasteiger partial charge >= 0.3 is 5.97 Å². The Balaban J connectivity index is 2.21. The smallest absolute Gasteiger partial charge is 0.309 e. The summed E-state index contributed by atoms with van der Waals surface area (Å²) >= 11 is 6.31. The van der Waals surface area contributed by atoms with E-state index < -0.39 is 0 Å². The number of ether oxygens (including phenoxy) is 2. The third-order valence-corrected chi connectivity index (χ3v) is 4.42. The number of hydrogen-bond donors (Lipinski definition) is 0. The standard InChI is InChI=1S/C20H23ClO3/c1-4-14-9-10-19(15(5-2)11-14)24-13-17-16(12-20(22)23-3)7-6-8-18(17)21/h6-11H,4-5,12-13H2,1-3H3. The van der Waals surface area contributed by atoms with Gasteiger partial charge in [0.05, 0.1) is 13.5 Å². The molecule has 0 spiro atoms. The highest BCUT2D eigenvalue weighted by Crippen LogP contribution is 2.26. The molecule has 0 aliphatic carbocycles. The van der Waals surface area contributed by atoms with Gasteiger partial charge < -0.3 is 9.47 Å². The number of carbonyl (C=O) groups is 1. The molecule has 2 aromatic carbocycles. The van der Waals surface area contributed by atoms with Crippen LogP contribution in [0.4, 0.5) is 0 Å². The van der Waals surface area contributed by atoms with Crippen LogP contribution in [0.3, 0.4) is 0 Å². The van der Waals surface area contributed by atoms with Crippen LogP contribution >= 0.6 is 11.6 Å². The summed E-state index contributed by atoms with van der Waals surface area (Å²) in [5.41, 5.74) is 4.13. The number of benzene rings is 2. The Morgan fingerprint density at radius 3 is 2.54 bits per heavy atom. The van der Waals surface area contributed by atoms with E-state index in [1.807, 2.05) is 24.3 Å². The molecular formula is C20H23ClO3. The molecule has 0 amide bonds. The number of esters is 1. The van der Waals surface area contributed by atoms with Crippen LogP contribution in [0.2, 0.25) is 5.02 Å². The van der Waals surface area contributed by atoms with Crippen LogP contribution in [-0.2, 0) is 35.4 Å². The first kappa shape index (κ1) is 18.3. The summed E-state index contributed by atoms with van der Waals surface area (Å²) in [6.45, 7) is 4.57. The van der Waals surface area contributed by atoms with E-state index in [2.05, 4.69) is 26.0 Å². The number of rotatable bonds is 7. The normalized spacial score (nSPS) is 10.5. The van der Waals surface area contributed by atoms with E-state index in [0.717, 1.165) is 29.7 Å². The fourth-order valence-electron chi connectivity index (χ4n) is 2.58. The summed E-state index contributed by atoms with van der Waals surface area (Å²) in [6.07, 6.45) is 2.09. The molecule has 0 aromatic heterocycles. The zero-order chi connectivity index (χ0) is 17.5. The van der Waals surface area contributed by atoms with Crippen molar-refractivity contribution in [1.29, 1.82) is 0 Å². The van der Waals surface area contributed by atoms with Crippen LogP contribution in [0.15, 0.2) is 36.4 Å². The van der Waals surface area contributed by atoms with Crippen LogP contribution in [0, 0.1) is 0 Å². The molecule has 0 heterocycles. The van der Waals surface area contributed by atoms with E-state index in [1.54, 1.807) is 0 Å². The molecule has 0 bridgehead atoms. The molecule has 128 valence electrons. The first-order valence-corrected chi connectivity index (χ1v) is 8.54. The van der Waals surface area contributed by atoms with E-state index in [1.165, 1.54) is 18.2 Å². The van der Waals surface area contributed by atoms with Gasteiger partial charge in [0.25, 0.3) is 0 Å². The topological polar surface area (TPSA) is 35.5 Å². The molecule has 3 nitrogen and oxygen atoms in total. The van der Waals surface area contributed by atoms with Crippen LogP contribution in [-0.4, -0.2) is 13.1 Å². The Kier molecular flexibility index (Phi) is 6.68. The minimum absolute atomic E-state index is 0.186. The Morgan fingerprint density at radius 2 is 1.88 bits per heavy atom. The summed E-state index contributed by atoms with van der Waals surface area (Å²) in [7, 11) is 1.38. The molecule has 24 heavy (non-hydrogen) atoms. The Bertz CT molecular complexity index is 710. The van der Waals surface area contributed by atoms with E-state index in [0.29, 0.717) is 11.6 Å². The molecule has 0 radical (unpaired) electrons. The van der Waals surface area contributed by atoms with Gasteiger partial charge in [0.15, 0.2) is 0 Å². The zero-order valence-electron chi connectivity index (χ0n) is 14.4. The predicted molar refractivity (Wildman–Crippen MR) is 96.7 cm³/mol. The first-order valence-electron chi connectivity index (χ1n) is 8.16. The third kappa shape index (κ3) is 4.51. The van der Waals surface area contributed by atoms with Crippen molar-refractivity contribution >= 4 is 17.6 Å². The quantitative estimate of drug-likeness (QED) is 0.678. The summed E-state index contributed by atoms with van der Waals surface area (Å²) in [4.78, 5) is 11.6. The largest absolute Gasteiger partial charge is 0.489 e. The lowest BCUT2D eigenvalue weighted by Gasteiger charge is -2.15. The van der Waals surface area contributed by atoms with E-state index >= 15 is 0 Å². The second-order valence-corrected chi connectivity index (χ2v) is 5.98. The van der Waals surface area contributed by atoms with Crippen molar-refractivity contribution in [3.8, 4) is 5.75 Å². The lowest BCUT2D eigenvalue weighted by atomic mass is 10.0. The van der Waals surface area contributed by atoms with Crippen molar-refractivity contribution in [3.63, 3.8) is 0 Å². The lowest BCUT2D eigenvalue weighted by Crippen LogP contribution is -2.09. The van der Waals surface area contributed by atoms with Crippen molar-refractivity contribution in [2.75, 3.05) is 7.11 Å². The predicted octanol–water partition coefficient (Wildman–Crippen LogP) is 4.76. The average molecular weight is 347 g/mol. The second-order valence-electron chi connectivity index (χ2n) is 5.57. The Hall–Kier alpha value is -2.00. The molecule has 0 aliphatic rings. The van der Waals surface area contributed by atoms with E-state index in [4.69, 9.17) is 21.1 Å². The fourth-order valence-corrected chi connectivity index (χ4v) is 2.83. The van der Waals surface area contributed by atoms with Crippen molar-refractivity contribution in [2.24, 2.45) is 0 Å². The van der Waals surface area contributed by atoms with Gasteiger partial charge in [-0.1, -0.05) is 49.7 Å². The Morgan fingerprint density at radius 1 is 1.08 bits per heavy atom. The van der Waals surface area contributed by atoms with Gasteiger partial charge in [0, 0.05) is 10.6 Å². The molecule has 0 saturated carbocycles. The molecule has 2 aromatic rings. The highest BCUT2D eigenvalue weighted by atomic mass is 35.5. The average Bonchev–Trinajstić information content (AvgIpc) is 2.61. The third-order valence-electron chi connectivity index (χ3n) is 4.06. The fraction of sp³-hybridized carbons (Fsp3) is 0.350. The van der Waals surface area contributed by atoms with E-state index in [-0.39, 0.29) is 12.4 Å². The number of halogens is 1. The molecular weight excluding hydrogens is 324 g/mol. The number of aryl methyl sites for hydroxylation is 2. The molecule has 0 saturated heterocycles. The molecule has 2 rings (SSSR count). The van der Waals surface area contributed by atoms with Gasteiger partial charge in [0.1, 0.15) is 12.4 Å². The molecule has 0 aliphatic heterocycles. The van der Waals surface area contributed by atoms with Crippen molar-refractivity contribution < 1.29 is 14.3 Å².